The SMILES string of the molecule is CN/C(C)=C(/CN1CCN(c2nccnc2-c2ccc(C(C)=O)cc2)CC1)C(C)=N. The molecule has 1 fully saturated rings. The largest absolute Gasteiger partial charge is 0.391 e. The quantitative estimate of drug-likeness (QED) is 0.543. The zero-order chi connectivity index (χ0) is 21.7. The Hall–Kier alpha value is -3.06. The van der Waals surface area contributed by atoms with Crippen LogP contribution >= 0.6 is 0 Å². The summed E-state index contributed by atoms with van der Waals surface area (Å²) in [6.07, 6.45) is 3.43. The van der Waals surface area contributed by atoms with Crippen LogP contribution in [0.4, 0.5) is 5.82 Å². The summed E-state index contributed by atoms with van der Waals surface area (Å²) in [5.74, 6) is 0.928. The van der Waals surface area contributed by atoms with Gasteiger partial charge < -0.3 is 15.6 Å². The van der Waals surface area contributed by atoms with Crippen molar-refractivity contribution in [2.24, 2.45) is 0 Å². The molecule has 158 valence electrons. The smallest absolute Gasteiger partial charge is 0.159 e. The fourth-order valence-electron chi connectivity index (χ4n) is 3.64. The Morgan fingerprint density at radius 3 is 2.23 bits per heavy atom. The Morgan fingerprint density at radius 1 is 1.03 bits per heavy atom. The number of hydrogen-bond donors (Lipinski definition) is 2. The summed E-state index contributed by atoms with van der Waals surface area (Å²) in [4.78, 5) is 25.4. The molecule has 1 aliphatic rings. The number of allylic oxidation sites excluding steroid dienone is 1. The molecule has 0 bridgehead atoms. The molecule has 0 atom stereocenters. The van der Waals surface area contributed by atoms with Crippen molar-refractivity contribution in [1.29, 1.82) is 5.41 Å². The molecule has 0 saturated carbocycles. The first-order chi connectivity index (χ1) is 14.4. The first-order valence-corrected chi connectivity index (χ1v) is 10.2. The predicted molar refractivity (Wildman–Crippen MR) is 121 cm³/mol. The van der Waals surface area contributed by atoms with E-state index in [1.807, 2.05) is 45.2 Å². The van der Waals surface area contributed by atoms with Crippen LogP contribution in [0, 0.1) is 5.41 Å². The van der Waals surface area contributed by atoms with Crippen molar-refractivity contribution in [3.63, 3.8) is 0 Å². The number of nitrogens with one attached hydrogen (secondary N) is 2. The molecule has 1 aliphatic heterocycles. The van der Waals surface area contributed by atoms with Crippen molar-refractivity contribution >= 4 is 17.3 Å². The van der Waals surface area contributed by atoms with E-state index < -0.39 is 0 Å². The third kappa shape index (κ3) is 4.91. The highest BCUT2D eigenvalue weighted by atomic mass is 16.1. The molecule has 7 nitrogen and oxygen atoms in total. The lowest BCUT2D eigenvalue weighted by molar-refractivity contribution is 0.101. The van der Waals surface area contributed by atoms with Crippen LogP contribution in [0.25, 0.3) is 11.3 Å². The van der Waals surface area contributed by atoms with Crippen molar-refractivity contribution < 1.29 is 4.79 Å². The topological polar surface area (TPSA) is 85.2 Å². The molecule has 1 saturated heterocycles. The van der Waals surface area contributed by atoms with Gasteiger partial charge in [0.25, 0.3) is 0 Å². The molecule has 0 spiro atoms. The van der Waals surface area contributed by atoms with E-state index in [1.54, 1.807) is 19.3 Å². The molecule has 2 heterocycles. The molecular weight excluding hydrogens is 376 g/mol. The molecule has 3 rings (SSSR count). The van der Waals surface area contributed by atoms with Crippen molar-refractivity contribution in [2.45, 2.75) is 20.8 Å². The van der Waals surface area contributed by atoms with Crippen molar-refractivity contribution in [2.75, 3.05) is 44.7 Å². The Bertz CT molecular complexity index is 942. The lowest BCUT2D eigenvalue weighted by Crippen LogP contribution is -2.48. The molecule has 0 amide bonds. The number of hydrogen-bond acceptors (Lipinski definition) is 7. The van der Waals surface area contributed by atoms with Crippen LogP contribution in [0.3, 0.4) is 0 Å². The number of carbonyl (C=O) groups excluding carboxylic acids is 1. The van der Waals surface area contributed by atoms with Crippen LogP contribution < -0.4 is 10.2 Å². The zero-order valence-electron chi connectivity index (χ0n) is 18.2. The summed E-state index contributed by atoms with van der Waals surface area (Å²) in [5.41, 5.74) is 5.20. The summed E-state index contributed by atoms with van der Waals surface area (Å²) in [7, 11) is 1.90. The van der Waals surface area contributed by atoms with Crippen LogP contribution in [0.2, 0.25) is 0 Å². The standard InChI is InChI=1S/C23H30N6O/c1-16(24)21(17(2)25-4)15-28-11-13-29(14-12-28)23-22(26-9-10-27-23)20-7-5-19(6-8-20)18(3)30/h5-10,24-25H,11-15H2,1-4H3/b21-17-,24-16?. The van der Waals surface area contributed by atoms with Crippen molar-refractivity contribution in [3.05, 3.63) is 53.5 Å². The van der Waals surface area contributed by atoms with Gasteiger partial charge in [0.1, 0.15) is 5.69 Å². The van der Waals surface area contributed by atoms with Gasteiger partial charge in [0.2, 0.25) is 0 Å². The number of benzene rings is 1. The van der Waals surface area contributed by atoms with E-state index in [-0.39, 0.29) is 5.78 Å². The van der Waals surface area contributed by atoms with Crippen LogP contribution in [-0.4, -0.2) is 66.1 Å². The van der Waals surface area contributed by atoms with Gasteiger partial charge in [0.05, 0.1) is 0 Å². The molecule has 1 aromatic heterocycles. The second-order valence-electron chi connectivity index (χ2n) is 7.60. The second-order valence-corrected chi connectivity index (χ2v) is 7.60. The van der Waals surface area contributed by atoms with E-state index in [4.69, 9.17) is 5.41 Å². The molecule has 30 heavy (non-hydrogen) atoms. The van der Waals surface area contributed by atoms with Gasteiger partial charge in [0.15, 0.2) is 11.6 Å². The summed E-state index contributed by atoms with van der Waals surface area (Å²) in [5, 5.41) is 11.2. The molecule has 1 aromatic carbocycles. The summed E-state index contributed by atoms with van der Waals surface area (Å²) >= 11 is 0. The second kappa shape index (κ2) is 9.63. The molecule has 2 aromatic rings. The maximum absolute atomic E-state index is 11.6. The van der Waals surface area contributed by atoms with Gasteiger partial charge in [-0.1, -0.05) is 24.3 Å². The number of aromatic nitrogens is 2. The third-order valence-electron chi connectivity index (χ3n) is 5.58. The van der Waals surface area contributed by atoms with Crippen LogP contribution in [0.15, 0.2) is 47.9 Å². The molecule has 0 aliphatic carbocycles. The highest BCUT2D eigenvalue weighted by Gasteiger charge is 2.22. The Labute approximate surface area is 178 Å². The summed E-state index contributed by atoms with van der Waals surface area (Å²) in [6.45, 7) is 9.69. The summed E-state index contributed by atoms with van der Waals surface area (Å²) in [6, 6.07) is 7.55. The van der Waals surface area contributed by atoms with E-state index in [9.17, 15) is 4.79 Å². The predicted octanol–water partition coefficient (Wildman–Crippen LogP) is 3.00. The van der Waals surface area contributed by atoms with E-state index >= 15 is 0 Å². The minimum atomic E-state index is 0.0548. The maximum atomic E-state index is 11.6. The molecular formula is C23H30N6O. The fraction of sp³-hybridized carbons (Fsp3) is 0.391. The number of Topliss-reactive ketones (excluding diaryl/α,β-unsaturated/α-hetero) is 1. The van der Waals surface area contributed by atoms with Crippen LogP contribution in [-0.2, 0) is 0 Å². The van der Waals surface area contributed by atoms with E-state index in [0.717, 1.165) is 61.1 Å². The lowest BCUT2D eigenvalue weighted by Gasteiger charge is -2.36. The Balaban J connectivity index is 1.74. The van der Waals surface area contributed by atoms with Crippen LogP contribution in [0.1, 0.15) is 31.1 Å². The van der Waals surface area contributed by atoms with E-state index in [1.165, 1.54) is 0 Å². The first-order valence-electron chi connectivity index (χ1n) is 10.2. The van der Waals surface area contributed by atoms with E-state index in [0.29, 0.717) is 11.3 Å². The van der Waals surface area contributed by atoms with Gasteiger partial charge >= 0.3 is 0 Å². The Kier molecular flexibility index (Phi) is 6.95. The highest BCUT2D eigenvalue weighted by molar-refractivity contribution is 5.96. The van der Waals surface area contributed by atoms with E-state index in [2.05, 4.69) is 25.1 Å². The van der Waals surface area contributed by atoms with Gasteiger partial charge in [-0.3, -0.25) is 14.7 Å². The lowest BCUT2D eigenvalue weighted by atomic mass is 10.1. The minimum Gasteiger partial charge on any atom is -0.391 e. The van der Waals surface area contributed by atoms with Crippen molar-refractivity contribution in [1.82, 2.24) is 20.2 Å². The fourth-order valence-corrected chi connectivity index (χ4v) is 3.64. The summed E-state index contributed by atoms with van der Waals surface area (Å²) < 4.78 is 0. The average molecular weight is 407 g/mol. The van der Waals surface area contributed by atoms with Gasteiger partial charge in [-0.05, 0) is 20.8 Å². The zero-order valence-corrected chi connectivity index (χ0v) is 18.2. The van der Waals surface area contributed by atoms with Crippen molar-refractivity contribution in [3.8, 4) is 11.3 Å². The first kappa shape index (κ1) is 21.6. The maximum Gasteiger partial charge on any atom is 0.159 e. The molecule has 7 heteroatoms. The molecule has 0 unspecified atom stereocenters. The number of rotatable bonds is 7. The van der Waals surface area contributed by atoms with Gasteiger partial charge in [-0.2, -0.15) is 0 Å². The monoisotopic (exact) mass is 406 g/mol. The number of piperazine rings is 1. The normalized spacial score (nSPS) is 15.5. The average Bonchev–Trinajstić information content (AvgIpc) is 2.77. The number of ketones is 1. The minimum absolute atomic E-state index is 0.0548. The highest BCUT2D eigenvalue weighted by Crippen LogP contribution is 2.27. The van der Waals surface area contributed by atoms with Gasteiger partial charge in [0, 0.05) is 80.3 Å². The molecule has 2 N–H and O–H groups in total. The number of anilines is 1. The Morgan fingerprint density at radius 2 is 1.67 bits per heavy atom. The van der Waals surface area contributed by atoms with Crippen LogP contribution in [0.5, 0.6) is 0 Å². The third-order valence-corrected chi connectivity index (χ3v) is 5.58. The molecule has 0 radical (unpaired) electrons. The number of nitrogens with zero attached hydrogens (tertiary/aromatic N) is 4. The van der Waals surface area contributed by atoms with Gasteiger partial charge in [-0.15, -0.1) is 0 Å². The number of carbonyl (C=O) groups is 1. The van der Waals surface area contributed by atoms with Gasteiger partial charge in [-0.25, -0.2) is 4.98 Å².